The third kappa shape index (κ3) is 5.10. The second kappa shape index (κ2) is 8.40. The van der Waals surface area contributed by atoms with Gasteiger partial charge < -0.3 is 20.1 Å². The Balaban J connectivity index is 1.49. The van der Waals surface area contributed by atoms with Crippen molar-refractivity contribution in [1.29, 1.82) is 0 Å². The van der Waals surface area contributed by atoms with Gasteiger partial charge in [0.25, 0.3) is 0 Å². The lowest BCUT2D eigenvalue weighted by Crippen LogP contribution is -2.20. The van der Waals surface area contributed by atoms with Crippen LogP contribution in [0, 0.1) is 5.92 Å². The SMILES string of the molecule is CC(C)C(=O)Nc1ccc(CNC(=O)/C=C/c2ccc3c(c2)OCO3)cc1. The lowest BCUT2D eigenvalue weighted by molar-refractivity contribution is -0.119. The highest BCUT2D eigenvalue weighted by atomic mass is 16.7. The number of rotatable bonds is 6. The Morgan fingerprint density at radius 3 is 2.56 bits per heavy atom. The molecule has 2 aromatic rings. The van der Waals surface area contributed by atoms with Gasteiger partial charge in [0, 0.05) is 24.2 Å². The molecule has 0 spiro atoms. The molecule has 0 aliphatic carbocycles. The van der Waals surface area contributed by atoms with E-state index in [0.717, 1.165) is 16.8 Å². The molecule has 1 aliphatic heterocycles. The number of ether oxygens (including phenoxy) is 2. The maximum atomic E-state index is 12.0. The van der Waals surface area contributed by atoms with Crippen molar-refractivity contribution >= 4 is 23.6 Å². The third-order valence-corrected chi connectivity index (χ3v) is 4.04. The normalized spacial score (nSPS) is 12.4. The largest absolute Gasteiger partial charge is 0.454 e. The van der Waals surface area contributed by atoms with Crippen LogP contribution in [-0.4, -0.2) is 18.6 Å². The van der Waals surface area contributed by atoms with Gasteiger partial charge >= 0.3 is 0 Å². The van der Waals surface area contributed by atoms with Crippen molar-refractivity contribution in [2.75, 3.05) is 12.1 Å². The molecule has 0 saturated carbocycles. The highest BCUT2D eigenvalue weighted by Gasteiger charge is 2.12. The average molecular weight is 366 g/mol. The third-order valence-electron chi connectivity index (χ3n) is 4.04. The van der Waals surface area contributed by atoms with Crippen LogP contribution in [0.25, 0.3) is 6.08 Å². The maximum Gasteiger partial charge on any atom is 0.244 e. The first kappa shape index (κ1) is 18.5. The molecule has 0 radical (unpaired) electrons. The van der Waals surface area contributed by atoms with E-state index in [9.17, 15) is 9.59 Å². The Kier molecular flexibility index (Phi) is 5.76. The van der Waals surface area contributed by atoms with Crippen LogP contribution in [0.15, 0.2) is 48.5 Å². The number of carbonyl (C=O) groups is 2. The molecule has 2 N–H and O–H groups in total. The lowest BCUT2D eigenvalue weighted by atomic mass is 10.1. The van der Waals surface area contributed by atoms with Crippen LogP contribution in [0.3, 0.4) is 0 Å². The zero-order valence-corrected chi connectivity index (χ0v) is 15.3. The van der Waals surface area contributed by atoms with E-state index in [4.69, 9.17) is 9.47 Å². The molecule has 27 heavy (non-hydrogen) atoms. The van der Waals surface area contributed by atoms with E-state index in [1.807, 2.05) is 56.3 Å². The second-order valence-electron chi connectivity index (χ2n) is 6.50. The Hall–Kier alpha value is -3.28. The first-order valence-corrected chi connectivity index (χ1v) is 8.76. The predicted molar refractivity (Wildman–Crippen MR) is 103 cm³/mol. The summed E-state index contributed by atoms with van der Waals surface area (Å²) in [5.41, 5.74) is 2.55. The fraction of sp³-hybridized carbons (Fsp3) is 0.238. The Bertz CT molecular complexity index is 857. The summed E-state index contributed by atoms with van der Waals surface area (Å²) in [6.45, 7) is 4.32. The lowest BCUT2D eigenvalue weighted by Gasteiger charge is -2.08. The number of carbonyl (C=O) groups excluding carboxylic acids is 2. The molecule has 0 aromatic heterocycles. The molecule has 2 amide bonds. The van der Waals surface area contributed by atoms with Gasteiger partial charge in [-0.05, 0) is 41.5 Å². The molecule has 2 aromatic carbocycles. The minimum absolute atomic E-state index is 0.0234. The number of fused-ring (bicyclic) bond motifs is 1. The number of hydrogen-bond donors (Lipinski definition) is 2. The highest BCUT2D eigenvalue weighted by molar-refractivity contribution is 5.92. The molecule has 140 valence electrons. The standard InChI is InChI=1S/C21H22N2O4/c1-14(2)21(25)23-17-7-3-16(4-8-17)12-22-20(24)10-6-15-5-9-18-19(11-15)27-13-26-18/h3-11,14H,12-13H2,1-2H3,(H,22,24)(H,23,25)/b10-6+. The second-order valence-corrected chi connectivity index (χ2v) is 6.50. The van der Waals surface area contributed by atoms with E-state index in [1.165, 1.54) is 6.08 Å². The van der Waals surface area contributed by atoms with Crippen LogP contribution >= 0.6 is 0 Å². The summed E-state index contributed by atoms with van der Waals surface area (Å²) in [7, 11) is 0. The monoisotopic (exact) mass is 366 g/mol. The molecule has 1 aliphatic rings. The van der Waals surface area contributed by atoms with Gasteiger partial charge in [0.15, 0.2) is 11.5 Å². The fourth-order valence-corrected chi connectivity index (χ4v) is 2.43. The maximum absolute atomic E-state index is 12.0. The number of benzene rings is 2. The zero-order chi connectivity index (χ0) is 19.2. The van der Waals surface area contributed by atoms with Crippen LogP contribution in [0.2, 0.25) is 0 Å². The van der Waals surface area contributed by atoms with E-state index in [0.29, 0.717) is 18.0 Å². The van der Waals surface area contributed by atoms with Crippen LogP contribution in [0.1, 0.15) is 25.0 Å². The molecule has 3 rings (SSSR count). The Morgan fingerprint density at radius 2 is 1.81 bits per heavy atom. The van der Waals surface area contributed by atoms with E-state index >= 15 is 0 Å². The minimum Gasteiger partial charge on any atom is -0.454 e. The van der Waals surface area contributed by atoms with E-state index in [2.05, 4.69) is 10.6 Å². The van der Waals surface area contributed by atoms with Crippen LogP contribution in [-0.2, 0) is 16.1 Å². The molecule has 0 unspecified atom stereocenters. The number of amides is 2. The smallest absolute Gasteiger partial charge is 0.244 e. The van der Waals surface area contributed by atoms with Crippen molar-refractivity contribution in [2.45, 2.75) is 20.4 Å². The summed E-state index contributed by atoms with van der Waals surface area (Å²) in [4.78, 5) is 23.7. The van der Waals surface area contributed by atoms with Crippen molar-refractivity contribution in [1.82, 2.24) is 5.32 Å². The fourth-order valence-electron chi connectivity index (χ4n) is 2.43. The first-order chi connectivity index (χ1) is 13.0. The molecule has 6 heteroatoms. The van der Waals surface area contributed by atoms with Gasteiger partial charge in [0.2, 0.25) is 18.6 Å². The summed E-state index contributed by atoms with van der Waals surface area (Å²) in [6, 6.07) is 12.9. The molecule has 0 atom stereocenters. The van der Waals surface area contributed by atoms with Crippen molar-refractivity contribution in [3.8, 4) is 11.5 Å². The molecular weight excluding hydrogens is 344 g/mol. The molecule has 1 heterocycles. The predicted octanol–water partition coefficient (Wildman–Crippen LogP) is 3.34. The number of hydrogen-bond acceptors (Lipinski definition) is 4. The van der Waals surface area contributed by atoms with Gasteiger partial charge in [0.05, 0.1) is 0 Å². The summed E-state index contributed by atoms with van der Waals surface area (Å²) < 4.78 is 10.6. The summed E-state index contributed by atoms with van der Waals surface area (Å²) in [5, 5.41) is 5.66. The van der Waals surface area contributed by atoms with Gasteiger partial charge in [-0.2, -0.15) is 0 Å². The van der Waals surface area contributed by atoms with Crippen molar-refractivity contribution in [3.63, 3.8) is 0 Å². The molecular formula is C21H22N2O4. The van der Waals surface area contributed by atoms with Crippen LogP contribution in [0.4, 0.5) is 5.69 Å². The first-order valence-electron chi connectivity index (χ1n) is 8.76. The minimum atomic E-state index is -0.190. The Labute approximate surface area is 158 Å². The van der Waals surface area contributed by atoms with Gasteiger partial charge in [0.1, 0.15) is 0 Å². The highest BCUT2D eigenvalue weighted by Crippen LogP contribution is 2.32. The topological polar surface area (TPSA) is 76.7 Å². The number of anilines is 1. The number of nitrogens with one attached hydrogen (secondary N) is 2. The Morgan fingerprint density at radius 1 is 1.07 bits per heavy atom. The van der Waals surface area contributed by atoms with Crippen molar-refractivity contribution in [3.05, 3.63) is 59.7 Å². The van der Waals surface area contributed by atoms with Crippen molar-refractivity contribution < 1.29 is 19.1 Å². The van der Waals surface area contributed by atoms with E-state index < -0.39 is 0 Å². The summed E-state index contributed by atoms with van der Waals surface area (Å²) in [6.07, 6.45) is 3.20. The van der Waals surface area contributed by atoms with Gasteiger partial charge in [-0.25, -0.2) is 0 Å². The molecule has 6 nitrogen and oxygen atoms in total. The average Bonchev–Trinajstić information content (AvgIpc) is 3.13. The van der Waals surface area contributed by atoms with E-state index in [-0.39, 0.29) is 24.5 Å². The van der Waals surface area contributed by atoms with Crippen molar-refractivity contribution in [2.24, 2.45) is 5.92 Å². The van der Waals surface area contributed by atoms with Crippen LogP contribution in [0.5, 0.6) is 11.5 Å². The summed E-state index contributed by atoms with van der Waals surface area (Å²) in [5.74, 6) is 1.11. The molecule has 0 fully saturated rings. The van der Waals surface area contributed by atoms with Gasteiger partial charge in [-0.3, -0.25) is 9.59 Å². The molecule has 0 bridgehead atoms. The zero-order valence-electron chi connectivity index (χ0n) is 15.3. The van der Waals surface area contributed by atoms with E-state index in [1.54, 1.807) is 6.08 Å². The van der Waals surface area contributed by atoms with Gasteiger partial charge in [-0.15, -0.1) is 0 Å². The van der Waals surface area contributed by atoms with Gasteiger partial charge in [-0.1, -0.05) is 32.0 Å². The summed E-state index contributed by atoms with van der Waals surface area (Å²) >= 11 is 0. The molecule has 0 saturated heterocycles. The quantitative estimate of drug-likeness (QED) is 0.769. The van der Waals surface area contributed by atoms with Crippen LogP contribution < -0.4 is 20.1 Å².